The lowest BCUT2D eigenvalue weighted by Gasteiger charge is -2.23. The highest BCUT2D eigenvalue weighted by atomic mass is 19.1. The molecule has 0 spiro atoms. The molecule has 0 saturated heterocycles. The van der Waals surface area contributed by atoms with E-state index in [-0.39, 0.29) is 11.8 Å². The molecule has 2 N–H and O–H groups in total. The van der Waals surface area contributed by atoms with Crippen LogP contribution in [0.1, 0.15) is 12.5 Å². The number of halogens is 1. The smallest absolute Gasteiger partial charge is 0.221 e. The Hall–Kier alpha value is -2.17. The van der Waals surface area contributed by atoms with E-state index in [4.69, 9.17) is 5.73 Å². The van der Waals surface area contributed by atoms with E-state index >= 15 is 0 Å². The first-order valence-corrected chi connectivity index (χ1v) is 5.74. The normalized spacial score (nSPS) is 10.4. The Labute approximate surface area is 105 Å². The Bertz CT molecular complexity index is 539. The highest BCUT2D eigenvalue weighted by Crippen LogP contribution is 2.26. The van der Waals surface area contributed by atoms with E-state index in [0.717, 1.165) is 17.1 Å². The Balaban J connectivity index is 2.44. The number of benzene rings is 1. The van der Waals surface area contributed by atoms with Gasteiger partial charge in [-0.1, -0.05) is 0 Å². The van der Waals surface area contributed by atoms with Crippen LogP contribution in [-0.2, 0) is 0 Å². The monoisotopic (exact) mass is 246 g/mol. The third-order valence-corrected chi connectivity index (χ3v) is 2.67. The predicted octanol–water partition coefficient (Wildman–Crippen LogP) is 2.66. The number of aryl methyl sites for hydroxylation is 1. The van der Waals surface area contributed by atoms with Crippen molar-refractivity contribution in [2.24, 2.45) is 0 Å². The second-order valence-corrected chi connectivity index (χ2v) is 3.96. The summed E-state index contributed by atoms with van der Waals surface area (Å²) in [4.78, 5) is 10.2. The van der Waals surface area contributed by atoms with Crippen molar-refractivity contribution in [2.75, 3.05) is 17.2 Å². The molecule has 94 valence electrons. The molecule has 0 radical (unpaired) electrons. The summed E-state index contributed by atoms with van der Waals surface area (Å²) in [6.45, 7) is 4.63. The summed E-state index contributed by atoms with van der Waals surface area (Å²) in [6, 6.07) is 6.29. The zero-order valence-corrected chi connectivity index (χ0v) is 10.4. The molecule has 1 aromatic heterocycles. The van der Waals surface area contributed by atoms with Gasteiger partial charge in [-0.15, -0.1) is 0 Å². The van der Waals surface area contributed by atoms with Crippen molar-refractivity contribution in [1.29, 1.82) is 0 Å². The second kappa shape index (κ2) is 5.00. The highest BCUT2D eigenvalue weighted by Gasteiger charge is 2.12. The SMILES string of the molecule is CCN(c1ccc(F)cc1)c1nc(N)ncc1C. The van der Waals surface area contributed by atoms with Crippen molar-refractivity contribution in [2.45, 2.75) is 13.8 Å². The molecule has 0 unspecified atom stereocenters. The molecule has 0 aliphatic rings. The molecule has 2 aromatic rings. The molecule has 5 heteroatoms. The largest absolute Gasteiger partial charge is 0.368 e. The van der Waals surface area contributed by atoms with Gasteiger partial charge in [0, 0.05) is 24.0 Å². The Morgan fingerprint density at radius 2 is 1.94 bits per heavy atom. The van der Waals surface area contributed by atoms with Gasteiger partial charge in [0.05, 0.1) is 0 Å². The first kappa shape index (κ1) is 12.3. The second-order valence-electron chi connectivity index (χ2n) is 3.96. The topological polar surface area (TPSA) is 55.0 Å². The van der Waals surface area contributed by atoms with E-state index in [0.29, 0.717) is 6.54 Å². The molecule has 0 bridgehead atoms. The van der Waals surface area contributed by atoms with Gasteiger partial charge in [-0.3, -0.25) is 0 Å². The van der Waals surface area contributed by atoms with Crippen LogP contribution in [0.3, 0.4) is 0 Å². The molecule has 0 atom stereocenters. The van der Waals surface area contributed by atoms with Crippen LogP contribution >= 0.6 is 0 Å². The fourth-order valence-electron chi connectivity index (χ4n) is 1.80. The van der Waals surface area contributed by atoms with Crippen LogP contribution in [0.2, 0.25) is 0 Å². The molecule has 0 aliphatic carbocycles. The van der Waals surface area contributed by atoms with Crippen molar-refractivity contribution in [3.63, 3.8) is 0 Å². The van der Waals surface area contributed by atoms with Crippen molar-refractivity contribution in [3.05, 3.63) is 41.8 Å². The number of rotatable bonds is 3. The summed E-state index contributed by atoms with van der Waals surface area (Å²) >= 11 is 0. The summed E-state index contributed by atoms with van der Waals surface area (Å²) < 4.78 is 12.9. The summed E-state index contributed by atoms with van der Waals surface area (Å²) in [5, 5.41) is 0. The van der Waals surface area contributed by atoms with Crippen molar-refractivity contribution < 1.29 is 4.39 Å². The predicted molar refractivity (Wildman–Crippen MR) is 70.3 cm³/mol. The van der Waals surface area contributed by atoms with E-state index < -0.39 is 0 Å². The maximum Gasteiger partial charge on any atom is 0.221 e. The van der Waals surface area contributed by atoms with E-state index in [1.807, 2.05) is 18.7 Å². The van der Waals surface area contributed by atoms with Crippen LogP contribution in [0, 0.1) is 12.7 Å². The molecule has 1 heterocycles. The number of aromatic nitrogens is 2. The van der Waals surface area contributed by atoms with Gasteiger partial charge in [0.25, 0.3) is 0 Å². The summed E-state index contributed by atoms with van der Waals surface area (Å²) in [5.41, 5.74) is 7.41. The van der Waals surface area contributed by atoms with E-state index in [1.54, 1.807) is 18.3 Å². The Morgan fingerprint density at radius 3 is 2.56 bits per heavy atom. The molecule has 18 heavy (non-hydrogen) atoms. The fourth-order valence-corrected chi connectivity index (χ4v) is 1.80. The molecule has 4 nitrogen and oxygen atoms in total. The average Bonchev–Trinajstić information content (AvgIpc) is 2.37. The van der Waals surface area contributed by atoms with Gasteiger partial charge < -0.3 is 10.6 Å². The molecular weight excluding hydrogens is 231 g/mol. The van der Waals surface area contributed by atoms with Crippen LogP contribution < -0.4 is 10.6 Å². The third-order valence-electron chi connectivity index (χ3n) is 2.67. The van der Waals surface area contributed by atoms with Crippen molar-refractivity contribution >= 4 is 17.5 Å². The minimum Gasteiger partial charge on any atom is -0.368 e. The molecular formula is C13H15FN4. The van der Waals surface area contributed by atoms with Gasteiger partial charge in [0.15, 0.2) is 0 Å². The van der Waals surface area contributed by atoms with Crippen molar-refractivity contribution in [3.8, 4) is 0 Å². The van der Waals surface area contributed by atoms with E-state index in [9.17, 15) is 4.39 Å². The minimum absolute atomic E-state index is 0.233. The van der Waals surface area contributed by atoms with E-state index in [2.05, 4.69) is 9.97 Å². The molecule has 1 aromatic carbocycles. The Kier molecular flexibility index (Phi) is 3.41. The number of nitrogens with two attached hydrogens (primary N) is 1. The molecule has 0 saturated carbocycles. The maximum atomic E-state index is 12.9. The molecule has 0 aliphatic heterocycles. The van der Waals surface area contributed by atoms with Gasteiger partial charge in [0.1, 0.15) is 11.6 Å². The van der Waals surface area contributed by atoms with Gasteiger partial charge in [0.2, 0.25) is 5.95 Å². The molecule has 2 rings (SSSR count). The number of nitrogens with zero attached hydrogens (tertiary/aromatic N) is 3. The van der Waals surface area contributed by atoms with E-state index in [1.165, 1.54) is 12.1 Å². The van der Waals surface area contributed by atoms with Gasteiger partial charge >= 0.3 is 0 Å². The zero-order valence-electron chi connectivity index (χ0n) is 10.4. The fraction of sp³-hybridized carbons (Fsp3) is 0.231. The van der Waals surface area contributed by atoms with Crippen LogP contribution in [0.15, 0.2) is 30.5 Å². The third kappa shape index (κ3) is 2.40. The zero-order chi connectivity index (χ0) is 13.1. The molecule has 0 fully saturated rings. The Morgan fingerprint density at radius 1 is 1.28 bits per heavy atom. The first-order valence-electron chi connectivity index (χ1n) is 5.74. The average molecular weight is 246 g/mol. The lowest BCUT2D eigenvalue weighted by Crippen LogP contribution is -2.19. The minimum atomic E-state index is -0.256. The summed E-state index contributed by atoms with van der Waals surface area (Å²) in [7, 11) is 0. The number of anilines is 3. The van der Waals surface area contributed by atoms with Crippen LogP contribution in [0.25, 0.3) is 0 Å². The highest BCUT2D eigenvalue weighted by molar-refractivity contribution is 5.63. The maximum absolute atomic E-state index is 12.9. The first-order chi connectivity index (χ1) is 8.61. The lowest BCUT2D eigenvalue weighted by atomic mass is 10.2. The number of hydrogen-bond acceptors (Lipinski definition) is 4. The number of nitrogen functional groups attached to an aromatic ring is 1. The van der Waals surface area contributed by atoms with Crippen LogP contribution in [0.4, 0.5) is 21.8 Å². The van der Waals surface area contributed by atoms with Crippen LogP contribution in [-0.4, -0.2) is 16.5 Å². The van der Waals surface area contributed by atoms with Gasteiger partial charge in [-0.25, -0.2) is 9.37 Å². The lowest BCUT2D eigenvalue weighted by molar-refractivity contribution is 0.627. The summed E-state index contributed by atoms with van der Waals surface area (Å²) in [5.74, 6) is 0.724. The van der Waals surface area contributed by atoms with Gasteiger partial charge in [-0.2, -0.15) is 4.98 Å². The molecule has 0 amide bonds. The quantitative estimate of drug-likeness (QED) is 0.904. The van der Waals surface area contributed by atoms with Crippen LogP contribution in [0.5, 0.6) is 0 Å². The van der Waals surface area contributed by atoms with Crippen molar-refractivity contribution in [1.82, 2.24) is 9.97 Å². The standard InChI is InChI=1S/C13H15FN4/c1-3-18(11-6-4-10(14)5-7-11)12-9(2)8-16-13(15)17-12/h4-8H,3H2,1-2H3,(H2,15,16,17). The van der Waals surface area contributed by atoms with Gasteiger partial charge in [-0.05, 0) is 38.1 Å². The summed E-state index contributed by atoms with van der Waals surface area (Å²) in [6.07, 6.45) is 1.68. The number of hydrogen-bond donors (Lipinski definition) is 1.